The molecule has 1 aliphatic heterocycles. The molecule has 3 heterocycles. The van der Waals surface area contributed by atoms with Crippen molar-refractivity contribution < 1.29 is 9.53 Å². The fourth-order valence-electron chi connectivity index (χ4n) is 2.82. The van der Waals surface area contributed by atoms with E-state index in [1.165, 1.54) is 6.33 Å². The van der Waals surface area contributed by atoms with Crippen LogP contribution in [0.1, 0.15) is 43.2 Å². The predicted octanol–water partition coefficient (Wildman–Crippen LogP) is 3.28. The number of nitrogens with zero attached hydrogens (tertiary/aromatic N) is 3. The Bertz CT molecular complexity index is 747. The van der Waals surface area contributed by atoms with Crippen LogP contribution < -0.4 is 5.32 Å². The standard InChI is InChI=1S/C16H20N4O2S/c1-4-6-11-12(15(21)22-5-2)13(14-10(3)7-8-23-14)20-16(19-11)17-9-18-20/h7-9,13H,4-6H2,1-3H3,(H,17,18,19)/t13-/m1/s1. The normalized spacial score (nSPS) is 16.9. The quantitative estimate of drug-likeness (QED) is 0.851. The smallest absolute Gasteiger partial charge is 0.338 e. The summed E-state index contributed by atoms with van der Waals surface area (Å²) in [6.45, 7) is 6.30. The Balaban J connectivity index is 2.17. The van der Waals surface area contributed by atoms with Crippen LogP contribution in [0.15, 0.2) is 29.0 Å². The minimum absolute atomic E-state index is 0.283. The average molecular weight is 332 g/mol. The van der Waals surface area contributed by atoms with Gasteiger partial charge in [-0.3, -0.25) is 0 Å². The second-order valence-electron chi connectivity index (χ2n) is 5.39. The summed E-state index contributed by atoms with van der Waals surface area (Å²) in [4.78, 5) is 18.0. The van der Waals surface area contributed by atoms with Crippen LogP contribution in [0, 0.1) is 6.92 Å². The number of hydrogen-bond donors (Lipinski definition) is 1. The van der Waals surface area contributed by atoms with Gasteiger partial charge in [-0.2, -0.15) is 10.1 Å². The van der Waals surface area contributed by atoms with E-state index < -0.39 is 0 Å². The van der Waals surface area contributed by atoms with E-state index in [-0.39, 0.29) is 12.0 Å². The summed E-state index contributed by atoms with van der Waals surface area (Å²) in [6, 6.07) is 1.77. The molecule has 6 nitrogen and oxygen atoms in total. The molecule has 7 heteroatoms. The van der Waals surface area contributed by atoms with E-state index in [9.17, 15) is 4.79 Å². The van der Waals surface area contributed by atoms with Gasteiger partial charge in [0.15, 0.2) is 0 Å². The van der Waals surface area contributed by atoms with E-state index in [1.807, 2.05) is 19.2 Å². The highest BCUT2D eigenvalue weighted by Gasteiger charge is 2.36. The number of hydrogen-bond acceptors (Lipinski definition) is 6. The molecule has 0 unspecified atom stereocenters. The molecular weight excluding hydrogens is 312 g/mol. The summed E-state index contributed by atoms with van der Waals surface area (Å²) in [5.41, 5.74) is 2.66. The van der Waals surface area contributed by atoms with E-state index >= 15 is 0 Å². The third kappa shape index (κ3) is 2.76. The Labute approximate surface area is 139 Å². The topological polar surface area (TPSA) is 69.0 Å². The maximum atomic E-state index is 12.7. The molecule has 23 heavy (non-hydrogen) atoms. The highest BCUT2D eigenvalue weighted by atomic mass is 32.1. The molecular formula is C16H20N4O2S. The molecule has 0 saturated heterocycles. The van der Waals surface area contributed by atoms with Gasteiger partial charge in [-0.25, -0.2) is 9.48 Å². The van der Waals surface area contributed by atoms with Gasteiger partial charge in [0.1, 0.15) is 12.4 Å². The lowest BCUT2D eigenvalue weighted by Gasteiger charge is -2.29. The van der Waals surface area contributed by atoms with E-state index in [1.54, 1.807) is 16.0 Å². The van der Waals surface area contributed by atoms with Gasteiger partial charge in [0.05, 0.1) is 12.2 Å². The van der Waals surface area contributed by atoms with Crippen molar-refractivity contribution in [1.82, 2.24) is 14.8 Å². The number of esters is 1. The van der Waals surface area contributed by atoms with E-state index in [4.69, 9.17) is 4.74 Å². The maximum absolute atomic E-state index is 12.7. The molecule has 2 aromatic rings. The molecule has 0 amide bonds. The lowest BCUT2D eigenvalue weighted by Crippen LogP contribution is -2.30. The molecule has 1 aliphatic rings. The summed E-state index contributed by atoms with van der Waals surface area (Å²) < 4.78 is 7.09. The summed E-state index contributed by atoms with van der Waals surface area (Å²) in [5, 5.41) is 9.62. The number of aryl methyl sites for hydroxylation is 1. The zero-order chi connectivity index (χ0) is 16.4. The van der Waals surface area contributed by atoms with Crippen LogP contribution in [0.4, 0.5) is 5.95 Å². The highest BCUT2D eigenvalue weighted by Crippen LogP contribution is 2.39. The van der Waals surface area contributed by atoms with Crippen molar-refractivity contribution in [2.24, 2.45) is 0 Å². The van der Waals surface area contributed by atoms with Crippen molar-refractivity contribution in [3.8, 4) is 0 Å². The van der Waals surface area contributed by atoms with Crippen LogP contribution in [-0.4, -0.2) is 27.3 Å². The molecule has 0 bridgehead atoms. The van der Waals surface area contributed by atoms with Crippen LogP contribution in [0.5, 0.6) is 0 Å². The number of rotatable bonds is 5. The van der Waals surface area contributed by atoms with Gasteiger partial charge in [-0.05, 0) is 37.3 Å². The van der Waals surface area contributed by atoms with E-state index in [0.29, 0.717) is 18.1 Å². The van der Waals surface area contributed by atoms with Crippen LogP contribution in [0.25, 0.3) is 0 Å². The van der Waals surface area contributed by atoms with Crippen LogP contribution >= 0.6 is 11.3 Å². The first-order chi connectivity index (χ1) is 11.2. The predicted molar refractivity (Wildman–Crippen MR) is 89.4 cm³/mol. The van der Waals surface area contributed by atoms with Gasteiger partial charge in [-0.15, -0.1) is 11.3 Å². The molecule has 0 radical (unpaired) electrons. The van der Waals surface area contributed by atoms with Crippen molar-refractivity contribution in [2.45, 2.75) is 39.7 Å². The third-order valence-corrected chi connectivity index (χ3v) is 4.90. The molecule has 122 valence electrons. The number of nitrogens with one attached hydrogen (secondary N) is 1. The molecule has 0 saturated carbocycles. The second-order valence-corrected chi connectivity index (χ2v) is 6.33. The van der Waals surface area contributed by atoms with Crippen LogP contribution in [0.2, 0.25) is 0 Å². The van der Waals surface area contributed by atoms with Crippen LogP contribution in [-0.2, 0) is 9.53 Å². The molecule has 0 fully saturated rings. The molecule has 0 spiro atoms. The van der Waals surface area contributed by atoms with Crippen molar-refractivity contribution in [3.05, 3.63) is 39.5 Å². The number of ether oxygens (including phenoxy) is 1. The zero-order valence-electron chi connectivity index (χ0n) is 13.5. The first-order valence-electron chi connectivity index (χ1n) is 7.78. The summed E-state index contributed by atoms with van der Waals surface area (Å²) in [7, 11) is 0. The Kier molecular flexibility index (Phi) is 4.47. The molecule has 0 aromatic carbocycles. The number of thiophene rings is 1. The monoisotopic (exact) mass is 332 g/mol. The lowest BCUT2D eigenvalue weighted by atomic mass is 9.97. The first kappa shape index (κ1) is 15.7. The van der Waals surface area contributed by atoms with Gasteiger partial charge in [0.2, 0.25) is 5.95 Å². The van der Waals surface area contributed by atoms with Gasteiger partial charge >= 0.3 is 5.97 Å². The highest BCUT2D eigenvalue weighted by molar-refractivity contribution is 7.10. The number of aromatic nitrogens is 3. The molecule has 3 rings (SSSR count). The number of carbonyl (C=O) groups is 1. The average Bonchev–Trinajstić information content (AvgIpc) is 3.15. The van der Waals surface area contributed by atoms with Crippen molar-refractivity contribution in [1.29, 1.82) is 0 Å². The number of carbonyl (C=O) groups excluding carboxylic acids is 1. The third-order valence-electron chi connectivity index (χ3n) is 3.82. The van der Waals surface area contributed by atoms with Gasteiger partial charge in [0.25, 0.3) is 0 Å². The Morgan fingerprint density at radius 1 is 1.48 bits per heavy atom. The SMILES string of the molecule is CCCC1=C(C(=O)OCC)[C@H](c2sccc2C)n2ncnc2N1. The fourth-order valence-corrected chi connectivity index (χ4v) is 3.83. The molecule has 1 atom stereocenters. The van der Waals surface area contributed by atoms with Gasteiger partial charge in [-0.1, -0.05) is 13.3 Å². The molecule has 2 aromatic heterocycles. The van der Waals surface area contributed by atoms with E-state index in [2.05, 4.69) is 28.4 Å². The first-order valence-corrected chi connectivity index (χ1v) is 8.66. The van der Waals surface area contributed by atoms with E-state index in [0.717, 1.165) is 29.0 Å². The maximum Gasteiger partial charge on any atom is 0.338 e. The van der Waals surface area contributed by atoms with Crippen molar-refractivity contribution in [2.75, 3.05) is 11.9 Å². The molecule has 1 N–H and O–H groups in total. The summed E-state index contributed by atoms with van der Waals surface area (Å²) in [5.74, 6) is 0.377. The number of fused-ring (bicyclic) bond motifs is 1. The largest absolute Gasteiger partial charge is 0.463 e. The number of allylic oxidation sites excluding steroid dienone is 1. The summed E-state index contributed by atoms with van der Waals surface area (Å²) >= 11 is 1.62. The Morgan fingerprint density at radius 2 is 2.30 bits per heavy atom. The van der Waals surface area contributed by atoms with Crippen molar-refractivity contribution >= 4 is 23.3 Å². The fraction of sp³-hybridized carbons (Fsp3) is 0.438. The Hall–Kier alpha value is -2.15. The minimum atomic E-state index is -0.289. The zero-order valence-corrected chi connectivity index (χ0v) is 14.3. The Morgan fingerprint density at radius 3 is 2.96 bits per heavy atom. The van der Waals surface area contributed by atoms with Crippen molar-refractivity contribution in [3.63, 3.8) is 0 Å². The minimum Gasteiger partial charge on any atom is -0.463 e. The van der Waals surface area contributed by atoms with Crippen LogP contribution in [0.3, 0.4) is 0 Å². The van der Waals surface area contributed by atoms with Gasteiger partial charge in [0, 0.05) is 10.6 Å². The number of anilines is 1. The lowest BCUT2D eigenvalue weighted by molar-refractivity contribution is -0.139. The van der Waals surface area contributed by atoms with Gasteiger partial charge < -0.3 is 10.1 Å². The second kappa shape index (κ2) is 6.54. The molecule has 0 aliphatic carbocycles. The summed E-state index contributed by atoms with van der Waals surface area (Å²) in [6.07, 6.45) is 3.20.